The summed E-state index contributed by atoms with van der Waals surface area (Å²) < 4.78 is 11.7. The van der Waals surface area contributed by atoms with Crippen LogP contribution in [0.25, 0.3) is 10.2 Å². The van der Waals surface area contributed by atoms with Crippen molar-refractivity contribution >= 4 is 33.5 Å². The molecule has 2 aromatic rings. The van der Waals surface area contributed by atoms with Crippen LogP contribution in [-0.2, 0) is 32.0 Å². The average Bonchev–Trinajstić information content (AvgIpc) is 2.96. The van der Waals surface area contributed by atoms with Gasteiger partial charge in [-0.15, -0.1) is 11.3 Å². The number of carbonyl (C=O) groups is 2. The number of aryl methyl sites for hydroxylation is 2. The van der Waals surface area contributed by atoms with Crippen LogP contribution >= 0.6 is 11.3 Å². The lowest BCUT2D eigenvalue weighted by Crippen LogP contribution is -2.30. The zero-order valence-corrected chi connectivity index (χ0v) is 16.9. The molecule has 0 spiro atoms. The van der Waals surface area contributed by atoms with Crippen molar-refractivity contribution in [3.63, 3.8) is 0 Å². The fourth-order valence-electron chi connectivity index (χ4n) is 3.51. The summed E-state index contributed by atoms with van der Waals surface area (Å²) in [6.07, 6.45) is 2.09. The molecule has 8 heteroatoms. The second-order valence-electron chi connectivity index (χ2n) is 6.90. The van der Waals surface area contributed by atoms with Crippen LogP contribution < -0.4 is 5.56 Å². The Kier molecular flexibility index (Phi) is 5.64. The average molecular weight is 392 g/mol. The Bertz CT molecular complexity index is 944. The van der Waals surface area contributed by atoms with Gasteiger partial charge in [0.1, 0.15) is 17.2 Å². The van der Waals surface area contributed by atoms with Crippen molar-refractivity contribution in [1.29, 1.82) is 0 Å². The number of aromatic nitrogens is 2. The SMILES string of the molecule is CCOC(=O)C1CCCc2sc3nc(C)n(CC(=O)OC(C)C)c(=O)c3c21. The lowest BCUT2D eigenvalue weighted by Gasteiger charge is -2.21. The number of nitrogens with zero attached hydrogens (tertiary/aromatic N) is 2. The van der Waals surface area contributed by atoms with E-state index in [1.54, 1.807) is 27.7 Å². The Balaban J connectivity index is 2.11. The maximum absolute atomic E-state index is 13.2. The molecule has 0 amide bonds. The van der Waals surface area contributed by atoms with E-state index in [-0.39, 0.29) is 24.2 Å². The van der Waals surface area contributed by atoms with Gasteiger partial charge in [-0.2, -0.15) is 0 Å². The third-order valence-electron chi connectivity index (χ3n) is 4.59. The molecule has 3 rings (SSSR count). The molecule has 2 aromatic heterocycles. The van der Waals surface area contributed by atoms with Crippen LogP contribution in [0.3, 0.4) is 0 Å². The number of ether oxygens (including phenoxy) is 2. The van der Waals surface area contributed by atoms with Crippen LogP contribution in [0.2, 0.25) is 0 Å². The van der Waals surface area contributed by atoms with E-state index in [2.05, 4.69) is 4.98 Å². The summed E-state index contributed by atoms with van der Waals surface area (Å²) in [7, 11) is 0. The summed E-state index contributed by atoms with van der Waals surface area (Å²) in [5, 5.41) is 0.440. The lowest BCUT2D eigenvalue weighted by atomic mass is 9.86. The van der Waals surface area contributed by atoms with Gasteiger partial charge in [0.15, 0.2) is 0 Å². The molecule has 0 radical (unpaired) electrons. The molecule has 0 fully saturated rings. The standard InChI is InChI=1S/C19H24N2O5S/c1-5-25-19(24)12-7-6-8-13-15(12)16-17(27-13)20-11(4)21(18(16)23)9-14(22)26-10(2)3/h10,12H,5-9H2,1-4H3. The Morgan fingerprint density at radius 3 is 2.78 bits per heavy atom. The van der Waals surface area contributed by atoms with Crippen LogP contribution in [0, 0.1) is 6.92 Å². The molecule has 0 aromatic carbocycles. The molecule has 1 atom stereocenters. The van der Waals surface area contributed by atoms with E-state index in [0.717, 1.165) is 23.3 Å². The number of rotatable bonds is 5. The molecule has 146 valence electrons. The number of hydrogen-bond donors (Lipinski definition) is 0. The molecule has 1 aliphatic rings. The van der Waals surface area contributed by atoms with Crippen LogP contribution in [0.5, 0.6) is 0 Å². The van der Waals surface area contributed by atoms with Crippen LogP contribution in [0.4, 0.5) is 0 Å². The Morgan fingerprint density at radius 2 is 2.11 bits per heavy atom. The highest BCUT2D eigenvalue weighted by molar-refractivity contribution is 7.18. The zero-order valence-electron chi connectivity index (χ0n) is 16.0. The molecule has 0 N–H and O–H groups in total. The molecule has 1 unspecified atom stereocenters. The number of carbonyl (C=O) groups excluding carboxylic acids is 2. The first-order valence-corrected chi connectivity index (χ1v) is 10.0. The Morgan fingerprint density at radius 1 is 1.37 bits per heavy atom. The Labute approximate surface area is 161 Å². The van der Waals surface area contributed by atoms with E-state index in [4.69, 9.17) is 9.47 Å². The van der Waals surface area contributed by atoms with E-state index in [0.29, 0.717) is 29.1 Å². The van der Waals surface area contributed by atoms with Gasteiger partial charge in [0.05, 0.1) is 24.0 Å². The van der Waals surface area contributed by atoms with Crippen molar-refractivity contribution in [2.24, 2.45) is 0 Å². The third kappa shape index (κ3) is 3.76. The van der Waals surface area contributed by atoms with Gasteiger partial charge >= 0.3 is 11.9 Å². The van der Waals surface area contributed by atoms with Gasteiger partial charge in [-0.05, 0) is 52.5 Å². The van der Waals surface area contributed by atoms with Crippen molar-refractivity contribution < 1.29 is 19.1 Å². The first-order chi connectivity index (χ1) is 12.8. The molecular formula is C19H24N2O5S. The second-order valence-corrected chi connectivity index (χ2v) is 7.99. The van der Waals surface area contributed by atoms with Crippen LogP contribution in [0.15, 0.2) is 4.79 Å². The minimum absolute atomic E-state index is 0.194. The molecule has 27 heavy (non-hydrogen) atoms. The first-order valence-electron chi connectivity index (χ1n) is 9.22. The number of fused-ring (bicyclic) bond motifs is 3. The molecule has 7 nitrogen and oxygen atoms in total. The fourth-order valence-corrected chi connectivity index (χ4v) is 4.82. The normalized spacial score (nSPS) is 16.4. The maximum atomic E-state index is 13.2. The van der Waals surface area contributed by atoms with Crippen molar-refractivity contribution in [1.82, 2.24) is 9.55 Å². The zero-order chi connectivity index (χ0) is 19.7. The van der Waals surface area contributed by atoms with E-state index in [1.165, 1.54) is 15.9 Å². The molecule has 1 aliphatic carbocycles. The minimum Gasteiger partial charge on any atom is -0.466 e. The second kappa shape index (κ2) is 7.80. The van der Waals surface area contributed by atoms with Crippen molar-refractivity contribution in [3.05, 3.63) is 26.6 Å². The van der Waals surface area contributed by atoms with Crippen molar-refractivity contribution in [2.45, 2.75) is 65.5 Å². The summed E-state index contributed by atoms with van der Waals surface area (Å²) in [5.74, 6) is -0.776. The monoisotopic (exact) mass is 392 g/mol. The molecular weight excluding hydrogens is 368 g/mol. The largest absolute Gasteiger partial charge is 0.466 e. The van der Waals surface area contributed by atoms with Gasteiger partial charge in [0.25, 0.3) is 5.56 Å². The van der Waals surface area contributed by atoms with Gasteiger partial charge in [0, 0.05) is 4.88 Å². The predicted molar refractivity (Wildman–Crippen MR) is 102 cm³/mol. The summed E-state index contributed by atoms with van der Waals surface area (Å²) in [5.41, 5.74) is 0.440. The predicted octanol–water partition coefficient (Wildman–Crippen LogP) is 2.70. The van der Waals surface area contributed by atoms with E-state index in [1.807, 2.05) is 0 Å². The van der Waals surface area contributed by atoms with E-state index < -0.39 is 11.9 Å². The van der Waals surface area contributed by atoms with E-state index >= 15 is 0 Å². The van der Waals surface area contributed by atoms with Crippen LogP contribution in [-0.4, -0.2) is 34.2 Å². The molecule has 0 aliphatic heterocycles. The fraction of sp³-hybridized carbons (Fsp3) is 0.579. The molecule has 0 bridgehead atoms. The van der Waals surface area contributed by atoms with E-state index in [9.17, 15) is 14.4 Å². The molecule has 2 heterocycles. The summed E-state index contributed by atoms with van der Waals surface area (Å²) in [6.45, 7) is 7.09. The number of thiophene rings is 1. The number of hydrogen-bond acceptors (Lipinski definition) is 7. The van der Waals surface area contributed by atoms with Gasteiger partial charge in [-0.25, -0.2) is 4.98 Å². The first kappa shape index (κ1) is 19.5. The highest BCUT2D eigenvalue weighted by Gasteiger charge is 2.33. The quantitative estimate of drug-likeness (QED) is 0.727. The van der Waals surface area contributed by atoms with Crippen molar-refractivity contribution in [3.8, 4) is 0 Å². The smallest absolute Gasteiger partial charge is 0.326 e. The maximum Gasteiger partial charge on any atom is 0.326 e. The molecule has 0 saturated heterocycles. The number of esters is 2. The summed E-state index contributed by atoms with van der Waals surface area (Å²) >= 11 is 1.46. The summed E-state index contributed by atoms with van der Waals surface area (Å²) in [6, 6.07) is 0. The van der Waals surface area contributed by atoms with Crippen molar-refractivity contribution in [2.75, 3.05) is 6.61 Å². The lowest BCUT2D eigenvalue weighted by molar-refractivity contribution is -0.148. The highest BCUT2D eigenvalue weighted by atomic mass is 32.1. The third-order valence-corrected chi connectivity index (χ3v) is 5.75. The summed E-state index contributed by atoms with van der Waals surface area (Å²) in [4.78, 5) is 43.9. The minimum atomic E-state index is -0.484. The topological polar surface area (TPSA) is 87.5 Å². The van der Waals surface area contributed by atoms with Gasteiger partial charge in [0.2, 0.25) is 0 Å². The molecule has 0 saturated carbocycles. The Hall–Kier alpha value is -2.22. The van der Waals surface area contributed by atoms with Crippen LogP contribution in [0.1, 0.15) is 55.8 Å². The van der Waals surface area contributed by atoms with Gasteiger partial charge in [-0.1, -0.05) is 0 Å². The van der Waals surface area contributed by atoms with Gasteiger partial charge < -0.3 is 9.47 Å². The van der Waals surface area contributed by atoms with Gasteiger partial charge in [-0.3, -0.25) is 19.0 Å². The highest BCUT2D eigenvalue weighted by Crippen LogP contribution is 2.41.